The Balaban J connectivity index is 1.46. The van der Waals surface area contributed by atoms with Crippen molar-refractivity contribution >= 4 is 38.4 Å². The van der Waals surface area contributed by atoms with Gasteiger partial charge in [-0.3, -0.25) is 9.79 Å². The summed E-state index contributed by atoms with van der Waals surface area (Å²) in [5.74, 6) is 0.216. The van der Waals surface area contributed by atoms with E-state index in [-0.39, 0.29) is 34.8 Å². The van der Waals surface area contributed by atoms with Gasteiger partial charge in [0.1, 0.15) is 0 Å². The fourth-order valence-corrected chi connectivity index (χ4v) is 6.62. The number of amidine groups is 1. The molecule has 0 aliphatic carbocycles. The number of aliphatic imine (C=N–C) groups is 1. The van der Waals surface area contributed by atoms with Gasteiger partial charge < -0.3 is 15.4 Å². The lowest BCUT2D eigenvalue weighted by atomic mass is 10.2. The van der Waals surface area contributed by atoms with Gasteiger partial charge in [-0.1, -0.05) is 11.8 Å². The van der Waals surface area contributed by atoms with Crippen LogP contribution in [-0.2, 0) is 14.6 Å². The second kappa shape index (κ2) is 8.62. The molecule has 27 heavy (non-hydrogen) atoms. The number of carbonyl (C=O) groups is 1. The minimum atomic E-state index is -2.94. The number of thioether (sulfide) groups is 1. The molecule has 1 amide bonds. The molecular weight excluding hydrogens is 386 g/mol. The number of carbonyl (C=O) groups excluding carboxylic acids is 1. The van der Waals surface area contributed by atoms with E-state index >= 15 is 0 Å². The maximum absolute atomic E-state index is 12.1. The van der Waals surface area contributed by atoms with Crippen molar-refractivity contribution < 1.29 is 17.9 Å². The van der Waals surface area contributed by atoms with Crippen LogP contribution >= 0.6 is 11.8 Å². The molecule has 148 valence electrons. The molecule has 0 bridgehead atoms. The van der Waals surface area contributed by atoms with Crippen LogP contribution in [0.2, 0.25) is 0 Å². The Kier molecular flexibility index (Phi) is 6.44. The van der Waals surface area contributed by atoms with Crippen LogP contribution in [0.1, 0.15) is 30.6 Å². The van der Waals surface area contributed by atoms with Gasteiger partial charge >= 0.3 is 0 Å². The highest BCUT2D eigenvalue weighted by Crippen LogP contribution is 2.34. The fourth-order valence-electron chi connectivity index (χ4n) is 2.94. The van der Waals surface area contributed by atoms with Gasteiger partial charge in [0.05, 0.1) is 23.7 Å². The topological polar surface area (TPSA) is 96.9 Å². The molecule has 2 heterocycles. The molecule has 2 atom stereocenters. The number of nitrogens with zero attached hydrogens (tertiary/aromatic N) is 1. The van der Waals surface area contributed by atoms with Crippen molar-refractivity contribution in [2.24, 2.45) is 4.99 Å². The normalized spacial score (nSPS) is 23.1. The van der Waals surface area contributed by atoms with E-state index in [4.69, 9.17) is 4.74 Å². The summed E-state index contributed by atoms with van der Waals surface area (Å²) in [6.07, 6.45) is 0.978. The molecule has 1 aromatic rings. The monoisotopic (exact) mass is 411 g/mol. The Morgan fingerprint density at radius 2 is 2.04 bits per heavy atom. The van der Waals surface area contributed by atoms with Gasteiger partial charge in [-0.2, -0.15) is 0 Å². The van der Waals surface area contributed by atoms with Crippen molar-refractivity contribution in [1.29, 1.82) is 0 Å². The van der Waals surface area contributed by atoms with Crippen LogP contribution in [0, 0.1) is 0 Å². The summed E-state index contributed by atoms with van der Waals surface area (Å²) in [4.78, 5) is 16.6. The van der Waals surface area contributed by atoms with E-state index in [9.17, 15) is 13.2 Å². The molecule has 0 unspecified atom stereocenters. The molecular formula is C18H25N3O4S2. The van der Waals surface area contributed by atoms with Crippen LogP contribution in [0.4, 0.5) is 5.69 Å². The van der Waals surface area contributed by atoms with Crippen molar-refractivity contribution in [3.05, 3.63) is 29.8 Å². The van der Waals surface area contributed by atoms with Crippen LogP contribution in [0.25, 0.3) is 0 Å². The van der Waals surface area contributed by atoms with Gasteiger partial charge in [-0.25, -0.2) is 8.42 Å². The zero-order chi connectivity index (χ0) is 19.4. The molecule has 1 fully saturated rings. The first-order chi connectivity index (χ1) is 12.8. The SMILES string of the molecule is CC(C)OCCCNC(=O)c1ccc(NC2=N[C@@H]3CS(=O)(=O)C[C@@H]3S2)cc1. The summed E-state index contributed by atoms with van der Waals surface area (Å²) < 4.78 is 28.6. The highest BCUT2D eigenvalue weighted by atomic mass is 32.2. The van der Waals surface area contributed by atoms with Gasteiger partial charge in [-0.05, 0) is 44.5 Å². The van der Waals surface area contributed by atoms with Crippen molar-refractivity contribution in [2.75, 3.05) is 30.0 Å². The summed E-state index contributed by atoms with van der Waals surface area (Å²) in [5, 5.41) is 6.83. The number of hydrogen-bond acceptors (Lipinski definition) is 7. The average Bonchev–Trinajstić information content (AvgIpc) is 3.07. The van der Waals surface area contributed by atoms with E-state index < -0.39 is 9.84 Å². The smallest absolute Gasteiger partial charge is 0.251 e. The predicted octanol–water partition coefficient (Wildman–Crippen LogP) is 1.91. The van der Waals surface area contributed by atoms with E-state index in [0.717, 1.165) is 17.3 Å². The first kappa shape index (κ1) is 20.2. The molecule has 1 saturated heterocycles. The number of rotatable bonds is 7. The van der Waals surface area contributed by atoms with Gasteiger partial charge in [0.25, 0.3) is 5.91 Å². The Morgan fingerprint density at radius 3 is 2.70 bits per heavy atom. The number of nitrogens with one attached hydrogen (secondary N) is 2. The minimum absolute atomic E-state index is 0.0160. The Hall–Kier alpha value is -1.58. The van der Waals surface area contributed by atoms with E-state index in [1.807, 2.05) is 26.0 Å². The number of ether oxygens (including phenoxy) is 1. The third-order valence-corrected chi connectivity index (χ3v) is 7.42. The summed E-state index contributed by atoms with van der Waals surface area (Å²) in [6.45, 7) is 5.17. The molecule has 0 spiro atoms. The predicted molar refractivity (Wildman–Crippen MR) is 109 cm³/mol. The van der Waals surface area contributed by atoms with E-state index in [0.29, 0.717) is 18.7 Å². The van der Waals surface area contributed by atoms with Crippen LogP contribution in [0.3, 0.4) is 0 Å². The fraction of sp³-hybridized carbons (Fsp3) is 0.556. The summed E-state index contributed by atoms with van der Waals surface area (Å²) in [5.41, 5.74) is 1.42. The first-order valence-corrected chi connectivity index (χ1v) is 11.7. The number of amides is 1. The minimum Gasteiger partial charge on any atom is -0.379 e. The van der Waals surface area contributed by atoms with Crippen LogP contribution in [0.5, 0.6) is 0 Å². The average molecular weight is 412 g/mol. The molecule has 2 aliphatic rings. The van der Waals surface area contributed by atoms with Gasteiger partial charge in [0.2, 0.25) is 0 Å². The molecule has 0 saturated carbocycles. The maximum Gasteiger partial charge on any atom is 0.251 e. The Bertz CT molecular complexity index is 806. The number of fused-ring (bicyclic) bond motifs is 1. The molecule has 3 rings (SSSR count). The molecule has 0 radical (unpaired) electrons. The lowest BCUT2D eigenvalue weighted by molar-refractivity contribution is 0.0757. The standard InChI is InChI=1S/C18H25N3O4S2/c1-12(2)25-9-3-8-19-17(22)13-4-6-14(7-5-13)20-18-21-15-10-27(23,24)11-16(15)26-18/h4-7,12,15-16H,3,8-11H2,1-2H3,(H,19,22)(H,20,21)/t15-,16+/m1/s1. The van der Waals surface area contributed by atoms with Crippen molar-refractivity contribution in [1.82, 2.24) is 5.32 Å². The molecule has 2 N–H and O–H groups in total. The Morgan fingerprint density at radius 1 is 1.30 bits per heavy atom. The highest BCUT2D eigenvalue weighted by molar-refractivity contribution is 8.15. The van der Waals surface area contributed by atoms with Crippen LogP contribution < -0.4 is 10.6 Å². The van der Waals surface area contributed by atoms with Crippen molar-refractivity contribution in [3.63, 3.8) is 0 Å². The molecule has 7 nitrogen and oxygen atoms in total. The molecule has 0 aromatic heterocycles. The zero-order valence-electron chi connectivity index (χ0n) is 15.5. The lowest BCUT2D eigenvalue weighted by Gasteiger charge is -2.09. The van der Waals surface area contributed by atoms with Crippen molar-refractivity contribution in [3.8, 4) is 0 Å². The highest BCUT2D eigenvalue weighted by Gasteiger charge is 2.42. The summed E-state index contributed by atoms with van der Waals surface area (Å²) >= 11 is 1.48. The van der Waals surface area contributed by atoms with Crippen LogP contribution in [0.15, 0.2) is 29.3 Å². The second-order valence-corrected chi connectivity index (χ2v) is 10.3. The largest absolute Gasteiger partial charge is 0.379 e. The zero-order valence-corrected chi connectivity index (χ0v) is 17.1. The van der Waals surface area contributed by atoms with Gasteiger partial charge in [0.15, 0.2) is 15.0 Å². The van der Waals surface area contributed by atoms with Crippen molar-refractivity contribution in [2.45, 2.75) is 37.7 Å². The number of benzene rings is 1. The van der Waals surface area contributed by atoms with Gasteiger partial charge in [0, 0.05) is 29.7 Å². The Labute approximate surface area is 164 Å². The third kappa shape index (κ3) is 5.70. The first-order valence-electron chi connectivity index (χ1n) is 9.04. The van der Waals surface area contributed by atoms with Gasteiger partial charge in [-0.15, -0.1) is 0 Å². The number of anilines is 1. The summed E-state index contributed by atoms with van der Waals surface area (Å²) in [6, 6.07) is 7.02. The van der Waals surface area contributed by atoms with Crippen LogP contribution in [-0.4, -0.2) is 61.5 Å². The molecule has 2 aliphatic heterocycles. The lowest BCUT2D eigenvalue weighted by Crippen LogP contribution is -2.25. The number of sulfone groups is 1. The molecule has 1 aromatic carbocycles. The van der Waals surface area contributed by atoms with E-state index in [2.05, 4.69) is 15.6 Å². The molecule has 9 heteroatoms. The maximum atomic E-state index is 12.1. The third-order valence-electron chi connectivity index (χ3n) is 4.27. The number of hydrogen-bond donors (Lipinski definition) is 2. The van der Waals surface area contributed by atoms with E-state index in [1.165, 1.54) is 11.8 Å². The quantitative estimate of drug-likeness (QED) is 0.666. The summed E-state index contributed by atoms with van der Waals surface area (Å²) in [7, 11) is -2.94. The second-order valence-electron chi connectivity index (χ2n) is 6.97. The van der Waals surface area contributed by atoms with E-state index in [1.54, 1.807) is 12.1 Å².